The van der Waals surface area contributed by atoms with E-state index in [4.69, 9.17) is 10.8 Å². The largest absolute Gasteiger partial charge is 0.481 e. The van der Waals surface area contributed by atoms with Gasteiger partial charge in [-0.25, -0.2) is 0 Å². The number of carbonyl (C=O) groups excluding carboxylic acids is 5. The van der Waals surface area contributed by atoms with Crippen LogP contribution in [0.1, 0.15) is 50.7 Å². The third kappa shape index (κ3) is 11.4. The number of imide groups is 1. The van der Waals surface area contributed by atoms with Crippen molar-refractivity contribution in [3.63, 3.8) is 0 Å². The summed E-state index contributed by atoms with van der Waals surface area (Å²) < 4.78 is 0. The van der Waals surface area contributed by atoms with Crippen LogP contribution in [0.25, 0.3) is 0 Å². The molecule has 15 nitrogen and oxygen atoms in total. The first-order valence-corrected chi connectivity index (χ1v) is 18.0. The van der Waals surface area contributed by atoms with Crippen molar-refractivity contribution in [2.24, 2.45) is 11.7 Å². The molecule has 2 fully saturated rings. The number of nitrogens with zero attached hydrogens (tertiary/aromatic N) is 4. The zero-order valence-electron chi connectivity index (χ0n) is 30.3. The van der Waals surface area contributed by atoms with Crippen LogP contribution in [0.5, 0.6) is 0 Å². The minimum Gasteiger partial charge on any atom is -0.481 e. The summed E-state index contributed by atoms with van der Waals surface area (Å²) in [5, 5.41) is 21.8. The van der Waals surface area contributed by atoms with Gasteiger partial charge in [-0.3, -0.25) is 43.4 Å². The van der Waals surface area contributed by atoms with Crippen molar-refractivity contribution in [3.8, 4) is 0 Å². The molecule has 15 heteroatoms. The molecule has 53 heavy (non-hydrogen) atoms. The molecule has 0 saturated carbocycles. The molecule has 0 aliphatic carbocycles. The van der Waals surface area contributed by atoms with E-state index in [0.717, 1.165) is 0 Å². The van der Waals surface area contributed by atoms with E-state index in [2.05, 4.69) is 5.32 Å². The van der Waals surface area contributed by atoms with Crippen LogP contribution in [0, 0.1) is 5.92 Å². The minimum atomic E-state index is -1.83. The predicted octanol–water partition coefficient (Wildman–Crippen LogP) is 0.748. The predicted molar refractivity (Wildman–Crippen MR) is 193 cm³/mol. The number of hydrogen-bond donors (Lipinski definition) is 4. The summed E-state index contributed by atoms with van der Waals surface area (Å²) in [6, 6.07) is 12.2. The second-order valence-corrected chi connectivity index (χ2v) is 14.0. The second kappa shape index (κ2) is 19.1. The van der Waals surface area contributed by atoms with Gasteiger partial charge in [-0.1, -0.05) is 74.5 Å². The number of nitrogens with two attached hydrogens (primary N) is 1. The van der Waals surface area contributed by atoms with Crippen LogP contribution in [0.4, 0.5) is 0 Å². The molecule has 2 saturated heterocycles. The Morgan fingerprint density at radius 2 is 1.45 bits per heavy atom. The molecule has 5 amide bonds. The second-order valence-electron chi connectivity index (χ2n) is 14.0. The van der Waals surface area contributed by atoms with E-state index in [-0.39, 0.29) is 44.2 Å². The van der Waals surface area contributed by atoms with Crippen LogP contribution in [0.2, 0.25) is 0 Å². The van der Waals surface area contributed by atoms with Crippen molar-refractivity contribution >= 4 is 41.5 Å². The molecule has 0 spiro atoms. The van der Waals surface area contributed by atoms with E-state index in [1.807, 2.05) is 13.8 Å². The van der Waals surface area contributed by atoms with Crippen molar-refractivity contribution in [1.82, 2.24) is 24.9 Å². The molecule has 2 heterocycles. The van der Waals surface area contributed by atoms with E-state index in [9.17, 15) is 38.7 Å². The highest BCUT2D eigenvalue weighted by Gasteiger charge is 2.43. The number of hydrogen-bond acceptors (Lipinski definition) is 9. The number of rotatable bonds is 16. The molecule has 2 aromatic carbocycles. The van der Waals surface area contributed by atoms with Gasteiger partial charge in [0.1, 0.15) is 18.1 Å². The van der Waals surface area contributed by atoms with Gasteiger partial charge in [0.2, 0.25) is 29.5 Å². The molecule has 0 radical (unpaired) electrons. The standard InChI is InChI=1S/C38H50N6O9/c1-25(2)20-28(39)36(51)44(32(45)22-27-12-7-4-8-13-27)31(23-33(46)47)35(50)40-29(21-26-10-5-3-6-11-26)37(52)43-15-9-14-30(43)38(53)42-18-16-41(17-19-42)24-34(48)49/h3-8,10-13,25,28-31H,9,14-24,39H2,1-2H3,(H,40,50)(H,46,47)(H,48,49)/t28-,29-,30-,31-/m0/s1. The van der Waals surface area contributed by atoms with Crippen molar-refractivity contribution in [1.29, 1.82) is 0 Å². The number of nitrogens with one attached hydrogen (secondary N) is 1. The maximum atomic E-state index is 14.4. The first kappa shape index (κ1) is 40.6. The number of benzene rings is 2. The van der Waals surface area contributed by atoms with Gasteiger partial charge >= 0.3 is 11.9 Å². The smallest absolute Gasteiger partial charge is 0.317 e. The molecule has 2 aliphatic heterocycles. The summed E-state index contributed by atoms with van der Waals surface area (Å²) >= 11 is 0. The number of likely N-dealkylation sites (tertiary alicyclic amines) is 1. The Bertz CT molecular complexity index is 1610. The fraction of sp³-hybridized carbons (Fsp3) is 0.500. The van der Waals surface area contributed by atoms with Gasteiger partial charge in [0.25, 0.3) is 0 Å². The van der Waals surface area contributed by atoms with E-state index in [1.165, 1.54) is 4.90 Å². The number of carboxylic acids is 2. The number of amides is 5. The average Bonchev–Trinajstić information content (AvgIpc) is 3.61. The highest BCUT2D eigenvalue weighted by Crippen LogP contribution is 2.23. The number of piperazine rings is 1. The Hall–Kier alpha value is -5.15. The van der Waals surface area contributed by atoms with Gasteiger partial charge < -0.3 is 31.1 Å². The zero-order valence-corrected chi connectivity index (χ0v) is 30.3. The Kier molecular flexibility index (Phi) is 14.6. The van der Waals surface area contributed by atoms with Gasteiger partial charge in [0.05, 0.1) is 25.4 Å². The lowest BCUT2D eigenvalue weighted by atomic mass is 10.00. The summed E-state index contributed by atoms with van der Waals surface area (Å²) in [5.74, 6) is -6.05. The monoisotopic (exact) mass is 734 g/mol. The van der Waals surface area contributed by atoms with Crippen LogP contribution in [0.15, 0.2) is 60.7 Å². The summed E-state index contributed by atoms with van der Waals surface area (Å²) in [5.41, 5.74) is 7.44. The van der Waals surface area contributed by atoms with Gasteiger partial charge in [0.15, 0.2) is 0 Å². The van der Waals surface area contributed by atoms with E-state index in [0.29, 0.717) is 55.0 Å². The Balaban J connectivity index is 1.63. The molecule has 5 N–H and O–H groups in total. The van der Waals surface area contributed by atoms with Gasteiger partial charge in [-0.15, -0.1) is 0 Å². The fourth-order valence-corrected chi connectivity index (χ4v) is 6.89. The van der Waals surface area contributed by atoms with E-state index < -0.39 is 66.2 Å². The zero-order chi connectivity index (χ0) is 38.7. The highest BCUT2D eigenvalue weighted by molar-refractivity contribution is 6.04. The van der Waals surface area contributed by atoms with Crippen LogP contribution >= 0.6 is 0 Å². The summed E-state index contributed by atoms with van der Waals surface area (Å²) in [6.07, 6.45) is -0.175. The minimum absolute atomic E-state index is 0.0186. The Morgan fingerprint density at radius 1 is 0.849 bits per heavy atom. The van der Waals surface area contributed by atoms with E-state index >= 15 is 0 Å². The molecule has 4 rings (SSSR count). The Labute approximate surface area is 309 Å². The summed E-state index contributed by atoms with van der Waals surface area (Å²) in [6.45, 7) is 5.10. The van der Waals surface area contributed by atoms with Crippen LogP contribution in [0.3, 0.4) is 0 Å². The molecular weight excluding hydrogens is 684 g/mol. The highest BCUT2D eigenvalue weighted by atomic mass is 16.4. The normalized spacial score (nSPS) is 17.8. The number of carboxylic acid groups (broad SMARTS) is 2. The maximum Gasteiger partial charge on any atom is 0.317 e. The van der Waals surface area contributed by atoms with Crippen molar-refractivity contribution in [2.75, 3.05) is 39.3 Å². The topological polar surface area (TPSA) is 211 Å². The average molecular weight is 735 g/mol. The lowest BCUT2D eigenvalue weighted by Gasteiger charge is -2.37. The third-order valence-electron chi connectivity index (χ3n) is 9.49. The Morgan fingerprint density at radius 3 is 2.02 bits per heavy atom. The summed E-state index contributed by atoms with van der Waals surface area (Å²) in [7, 11) is 0. The van der Waals surface area contributed by atoms with Crippen molar-refractivity contribution in [3.05, 3.63) is 71.8 Å². The lowest BCUT2D eigenvalue weighted by molar-refractivity contribution is -0.156. The lowest BCUT2D eigenvalue weighted by Crippen LogP contribution is -2.61. The van der Waals surface area contributed by atoms with E-state index in [1.54, 1.807) is 70.5 Å². The maximum absolute atomic E-state index is 14.4. The van der Waals surface area contributed by atoms with Crippen molar-refractivity contribution in [2.45, 2.75) is 76.5 Å². The molecule has 4 atom stereocenters. The number of aliphatic carboxylic acids is 2. The van der Waals surface area contributed by atoms with Gasteiger partial charge in [-0.2, -0.15) is 0 Å². The van der Waals surface area contributed by atoms with Gasteiger partial charge in [0, 0.05) is 39.1 Å². The molecule has 2 aromatic rings. The fourth-order valence-electron chi connectivity index (χ4n) is 6.89. The van der Waals surface area contributed by atoms with Crippen LogP contribution < -0.4 is 11.1 Å². The molecule has 2 aliphatic rings. The third-order valence-corrected chi connectivity index (χ3v) is 9.49. The summed E-state index contributed by atoms with van der Waals surface area (Å²) in [4.78, 5) is 98.9. The van der Waals surface area contributed by atoms with Crippen LogP contribution in [-0.4, -0.2) is 135 Å². The first-order valence-electron chi connectivity index (χ1n) is 18.0. The molecule has 286 valence electrons. The first-order chi connectivity index (χ1) is 25.2. The quantitative estimate of drug-likeness (QED) is 0.189. The molecule has 0 bridgehead atoms. The molecular formula is C38H50N6O9. The van der Waals surface area contributed by atoms with Gasteiger partial charge in [-0.05, 0) is 36.3 Å². The molecule has 0 aromatic heterocycles. The van der Waals surface area contributed by atoms with Crippen molar-refractivity contribution < 1.29 is 43.8 Å². The SMILES string of the molecule is CC(C)C[C@H](N)C(=O)N(C(=O)Cc1ccccc1)[C@@H](CC(=O)O)C(=O)N[C@@H](Cc1ccccc1)C(=O)N1CCC[C@H]1C(=O)N1CCN(CC(=O)O)CC1. The number of carbonyl (C=O) groups is 7. The molecule has 0 unspecified atom stereocenters. The van der Waals surface area contributed by atoms with Crippen LogP contribution in [-0.2, 0) is 46.4 Å².